The molecule has 0 bridgehead atoms. The topological polar surface area (TPSA) is 60.9 Å². The Balaban J connectivity index is 1.65. The van der Waals surface area contributed by atoms with Gasteiger partial charge in [-0.05, 0) is 49.6 Å². The van der Waals surface area contributed by atoms with Crippen LogP contribution in [-0.4, -0.2) is 68.2 Å². The first-order chi connectivity index (χ1) is 15.3. The fourth-order valence-corrected chi connectivity index (χ4v) is 6.73. The molecule has 6 nitrogen and oxygen atoms in total. The largest absolute Gasteiger partial charge is 0.329 e. The van der Waals surface area contributed by atoms with Gasteiger partial charge in [-0.1, -0.05) is 48.9 Å². The van der Waals surface area contributed by atoms with E-state index in [1.165, 1.54) is 16.4 Å². The Morgan fingerprint density at radius 3 is 2.50 bits per heavy atom. The summed E-state index contributed by atoms with van der Waals surface area (Å²) in [5.74, 6) is 0.131. The van der Waals surface area contributed by atoms with E-state index in [1.54, 1.807) is 6.07 Å². The highest BCUT2D eigenvalue weighted by atomic mass is 35.5. The molecule has 8 heteroatoms. The highest BCUT2D eigenvalue weighted by molar-refractivity contribution is 7.89. The van der Waals surface area contributed by atoms with Gasteiger partial charge in [-0.15, -0.1) is 0 Å². The number of halogens is 1. The van der Waals surface area contributed by atoms with E-state index in [4.69, 9.17) is 11.6 Å². The van der Waals surface area contributed by atoms with Crippen LogP contribution in [0, 0.1) is 5.92 Å². The van der Waals surface area contributed by atoms with Gasteiger partial charge in [0.1, 0.15) is 4.90 Å². The summed E-state index contributed by atoms with van der Waals surface area (Å²) in [5, 5.41) is 0.151. The Bertz CT molecular complexity index is 1080. The molecule has 2 atom stereocenters. The van der Waals surface area contributed by atoms with Gasteiger partial charge < -0.3 is 9.80 Å². The molecule has 2 fully saturated rings. The average Bonchev–Trinajstić information content (AvgIpc) is 2.79. The molecule has 2 aromatic rings. The molecule has 0 spiro atoms. The van der Waals surface area contributed by atoms with Crippen molar-refractivity contribution in [3.05, 3.63) is 64.7 Å². The fourth-order valence-electron chi connectivity index (χ4n) is 4.63. The van der Waals surface area contributed by atoms with Crippen LogP contribution in [0.25, 0.3) is 0 Å². The van der Waals surface area contributed by atoms with Crippen molar-refractivity contribution in [2.75, 3.05) is 39.8 Å². The predicted octanol–water partition coefficient (Wildman–Crippen LogP) is 3.89. The third kappa shape index (κ3) is 4.71. The molecule has 2 heterocycles. The SMILES string of the molecule is CC1CCCN(S(=O)(=O)c2cc(C(=O)N3CCN(C)CC3c3ccccc3)ccc2Cl)C1. The molecular weight excluding hydrogens is 446 g/mol. The van der Waals surface area contributed by atoms with E-state index in [1.807, 2.05) is 42.3 Å². The summed E-state index contributed by atoms with van der Waals surface area (Å²) in [4.78, 5) is 17.6. The maximum atomic E-state index is 13.6. The minimum Gasteiger partial charge on any atom is -0.329 e. The predicted molar refractivity (Wildman–Crippen MR) is 126 cm³/mol. The number of benzene rings is 2. The molecule has 2 unspecified atom stereocenters. The molecule has 0 aliphatic carbocycles. The number of likely N-dealkylation sites (N-methyl/N-ethyl adjacent to an activating group) is 1. The van der Waals surface area contributed by atoms with Gasteiger partial charge in [0.05, 0.1) is 11.1 Å². The number of piperazine rings is 1. The van der Waals surface area contributed by atoms with E-state index < -0.39 is 10.0 Å². The second kappa shape index (κ2) is 9.51. The van der Waals surface area contributed by atoms with Crippen LogP contribution in [0.2, 0.25) is 5.02 Å². The van der Waals surface area contributed by atoms with Crippen LogP contribution in [0.1, 0.15) is 41.7 Å². The summed E-state index contributed by atoms with van der Waals surface area (Å²) in [5.41, 5.74) is 1.42. The molecule has 0 aromatic heterocycles. The third-order valence-electron chi connectivity index (χ3n) is 6.44. The van der Waals surface area contributed by atoms with E-state index >= 15 is 0 Å². The molecule has 2 aliphatic rings. The monoisotopic (exact) mass is 475 g/mol. The van der Waals surface area contributed by atoms with E-state index in [0.29, 0.717) is 31.1 Å². The number of carbonyl (C=O) groups excluding carboxylic acids is 1. The van der Waals surface area contributed by atoms with Gasteiger partial charge >= 0.3 is 0 Å². The van der Waals surface area contributed by atoms with Crippen LogP contribution in [0.15, 0.2) is 53.4 Å². The lowest BCUT2D eigenvalue weighted by Gasteiger charge is -2.40. The Kier molecular flexibility index (Phi) is 6.91. The first-order valence-corrected chi connectivity index (χ1v) is 12.9. The number of sulfonamides is 1. The minimum atomic E-state index is -3.76. The molecule has 2 saturated heterocycles. The molecule has 2 aliphatic heterocycles. The summed E-state index contributed by atoms with van der Waals surface area (Å²) in [6.07, 6.45) is 1.85. The maximum Gasteiger partial charge on any atom is 0.254 e. The first kappa shape index (κ1) is 23.2. The highest BCUT2D eigenvalue weighted by Crippen LogP contribution is 2.31. The Morgan fingerprint density at radius 2 is 1.78 bits per heavy atom. The molecular formula is C24H30ClN3O3S. The van der Waals surface area contributed by atoms with Gasteiger partial charge in [-0.25, -0.2) is 8.42 Å². The van der Waals surface area contributed by atoms with E-state index in [0.717, 1.165) is 31.5 Å². The summed E-state index contributed by atoms with van der Waals surface area (Å²) < 4.78 is 28.2. The summed E-state index contributed by atoms with van der Waals surface area (Å²) in [6.45, 7) is 5.07. The van der Waals surface area contributed by atoms with Crippen LogP contribution >= 0.6 is 11.6 Å². The molecule has 4 rings (SSSR count). The molecule has 2 aromatic carbocycles. The van der Waals surface area contributed by atoms with Crippen molar-refractivity contribution in [1.82, 2.24) is 14.1 Å². The van der Waals surface area contributed by atoms with Crippen molar-refractivity contribution in [2.45, 2.75) is 30.7 Å². The lowest BCUT2D eigenvalue weighted by atomic mass is 10.0. The number of carbonyl (C=O) groups is 1. The van der Waals surface area contributed by atoms with Crippen LogP contribution in [0.4, 0.5) is 0 Å². The van der Waals surface area contributed by atoms with Crippen molar-refractivity contribution in [1.29, 1.82) is 0 Å². The van der Waals surface area contributed by atoms with Crippen molar-refractivity contribution in [3.8, 4) is 0 Å². The number of rotatable bonds is 4. The molecule has 1 amide bonds. The summed E-state index contributed by atoms with van der Waals surface area (Å²) in [6, 6.07) is 14.5. The zero-order valence-electron chi connectivity index (χ0n) is 18.6. The molecule has 172 valence electrons. The third-order valence-corrected chi connectivity index (χ3v) is 8.79. The first-order valence-electron chi connectivity index (χ1n) is 11.1. The number of amides is 1. The summed E-state index contributed by atoms with van der Waals surface area (Å²) in [7, 11) is -1.72. The standard InChI is InChI=1S/C24H30ClN3O3S/c1-18-7-6-12-27(16-18)32(30,31)23-15-20(10-11-21(23)25)24(29)28-14-13-26(2)17-22(28)19-8-4-3-5-9-19/h3-5,8-11,15,18,22H,6-7,12-14,16-17H2,1-2H3. The maximum absolute atomic E-state index is 13.6. The van der Waals surface area contributed by atoms with Gasteiger partial charge in [0.15, 0.2) is 0 Å². The van der Waals surface area contributed by atoms with Crippen molar-refractivity contribution >= 4 is 27.5 Å². The second-order valence-corrected chi connectivity index (χ2v) is 11.3. The normalized spacial score (nSPS) is 23.3. The minimum absolute atomic E-state index is 0.0181. The smallest absolute Gasteiger partial charge is 0.254 e. The van der Waals surface area contributed by atoms with Crippen molar-refractivity contribution in [2.24, 2.45) is 5.92 Å². The average molecular weight is 476 g/mol. The summed E-state index contributed by atoms with van der Waals surface area (Å²) >= 11 is 6.33. The van der Waals surface area contributed by atoms with E-state index in [2.05, 4.69) is 11.8 Å². The highest BCUT2D eigenvalue weighted by Gasteiger charge is 2.34. The Morgan fingerprint density at radius 1 is 1.03 bits per heavy atom. The Hall–Kier alpha value is -1.93. The van der Waals surface area contributed by atoms with E-state index in [9.17, 15) is 13.2 Å². The quantitative estimate of drug-likeness (QED) is 0.673. The van der Waals surface area contributed by atoms with Crippen molar-refractivity contribution < 1.29 is 13.2 Å². The molecule has 32 heavy (non-hydrogen) atoms. The van der Waals surface area contributed by atoms with Gasteiger partial charge in [-0.3, -0.25) is 4.79 Å². The van der Waals surface area contributed by atoms with E-state index in [-0.39, 0.29) is 21.9 Å². The zero-order valence-corrected chi connectivity index (χ0v) is 20.1. The number of nitrogens with zero attached hydrogens (tertiary/aromatic N) is 3. The number of hydrogen-bond acceptors (Lipinski definition) is 4. The van der Waals surface area contributed by atoms with Crippen LogP contribution in [-0.2, 0) is 10.0 Å². The van der Waals surface area contributed by atoms with Gasteiger partial charge in [0.25, 0.3) is 5.91 Å². The van der Waals surface area contributed by atoms with Gasteiger partial charge in [0.2, 0.25) is 10.0 Å². The second-order valence-electron chi connectivity index (χ2n) is 8.94. The van der Waals surface area contributed by atoms with Gasteiger partial charge in [0, 0.05) is 38.3 Å². The van der Waals surface area contributed by atoms with Crippen LogP contribution in [0.5, 0.6) is 0 Å². The van der Waals surface area contributed by atoms with Crippen LogP contribution in [0.3, 0.4) is 0 Å². The molecule has 0 N–H and O–H groups in total. The number of hydrogen-bond donors (Lipinski definition) is 0. The lowest BCUT2D eigenvalue weighted by molar-refractivity contribution is 0.0498. The zero-order chi connectivity index (χ0) is 22.9. The lowest BCUT2D eigenvalue weighted by Crippen LogP contribution is -2.49. The number of piperidine rings is 1. The van der Waals surface area contributed by atoms with Crippen LogP contribution < -0.4 is 0 Å². The molecule has 0 saturated carbocycles. The molecule has 0 radical (unpaired) electrons. The Labute approximate surface area is 195 Å². The fraction of sp³-hybridized carbons (Fsp3) is 0.458. The van der Waals surface area contributed by atoms with Gasteiger partial charge in [-0.2, -0.15) is 4.31 Å². The van der Waals surface area contributed by atoms with Crippen molar-refractivity contribution in [3.63, 3.8) is 0 Å².